The van der Waals surface area contributed by atoms with Crippen molar-refractivity contribution < 1.29 is 17.6 Å². The first-order chi connectivity index (χ1) is 14.4. The third-order valence-electron chi connectivity index (χ3n) is 4.81. The number of aromatic amines is 1. The minimum atomic E-state index is -3.76. The number of halogens is 1. The fourth-order valence-corrected chi connectivity index (χ4v) is 4.70. The Bertz CT molecular complexity index is 1130. The number of carbonyl (C=O) groups is 1. The van der Waals surface area contributed by atoms with Crippen molar-refractivity contribution in [3.63, 3.8) is 0 Å². The number of aromatic nitrogens is 3. The maximum absolute atomic E-state index is 13.1. The lowest BCUT2D eigenvalue weighted by atomic mass is 10.2. The highest BCUT2D eigenvalue weighted by atomic mass is 32.2. The molecule has 0 unspecified atom stereocenters. The molecular formula is C19H19FN6O3S. The van der Waals surface area contributed by atoms with E-state index in [-0.39, 0.29) is 35.3 Å². The van der Waals surface area contributed by atoms with Gasteiger partial charge in [-0.2, -0.15) is 14.4 Å². The van der Waals surface area contributed by atoms with E-state index in [4.69, 9.17) is 0 Å². The van der Waals surface area contributed by atoms with Crippen LogP contribution in [0.4, 0.5) is 16.0 Å². The molecule has 1 saturated heterocycles. The molecule has 3 aromatic rings. The fraction of sp³-hybridized carbons (Fsp3) is 0.211. The van der Waals surface area contributed by atoms with Gasteiger partial charge < -0.3 is 4.90 Å². The third-order valence-corrected chi connectivity index (χ3v) is 6.71. The lowest BCUT2D eigenvalue weighted by Gasteiger charge is -2.35. The summed E-state index contributed by atoms with van der Waals surface area (Å²) in [5.41, 5.74) is 1.04. The molecule has 4 rings (SSSR count). The van der Waals surface area contributed by atoms with Crippen molar-refractivity contribution in [2.45, 2.75) is 4.90 Å². The molecule has 0 atom stereocenters. The minimum Gasteiger partial charge on any atom is -0.369 e. The Morgan fingerprint density at radius 1 is 1.07 bits per heavy atom. The highest BCUT2D eigenvalue weighted by Crippen LogP contribution is 2.22. The zero-order valence-corrected chi connectivity index (χ0v) is 16.6. The van der Waals surface area contributed by atoms with E-state index in [1.54, 1.807) is 12.1 Å². The number of sulfonamides is 1. The number of H-pyrrole nitrogens is 1. The van der Waals surface area contributed by atoms with Gasteiger partial charge in [0, 0.05) is 37.4 Å². The van der Waals surface area contributed by atoms with Gasteiger partial charge >= 0.3 is 0 Å². The fourth-order valence-electron chi connectivity index (χ4n) is 3.23. The van der Waals surface area contributed by atoms with Gasteiger partial charge in [-0.1, -0.05) is 6.07 Å². The largest absolute Gasteiger partial charge is 0.369 e. The van der Waals surface area contributed by atoms with Crippen LogP contribution >= 0.6 is 0 Å². The van der Waals surface area contributed by atoms with E-state index in [0.717, 1.165) is 5.69 Å². The van der Waals surface area contributed by atoms with Crippen molar-refractivity contribution in [3.05, 3.63) is 66.2 Å². The molecular weight excluding hydrogens is 411 g/mol. The summed E-state index contributed by atoms with van der Waals surface area (Å²) in [6.07, 6.45) is 1.25. The number of nitrogens with one attached hydrogen (secondary N) is 2. The summed E-state index contributed by atoms with van der Waals surface area (Å²) in [5.74, 6) is -0.637. The Hall–Kier alpha value is -3.31. The molecule has 1 fully saturated rings. The zero-order chi connectivity index (χ0) is 21.1. The van der Waals surface area contributed by atoms with Crippen molar-refractivity contribution >= 4 is 27.6 Å². The molecule has 0 spiro atoms. The number of anilines is 2. The Morgan fingerprint density at radius 2 is 1.80 bits per heavy atom. The lowest BCUT2D eigenvalue weighted by molar-refractivity contribution is 0.102. The van der Waals surface area contributed by atoms with Gasteiger partial charge in [0.25, 0.3) is 5.91 Å². The lowest BCUT2D eigenvalue weighted by Crippen LogP contribution is -2.48. The molecule has 0 radical (unpaired) electrons. The second-order valence-corrected chi connectivity index (χ2v) is 8.62. The van der Waals surface area contributed by atoms with E-state index in [0.29, 0.717) is 13.1 Å². The van der Waals surface area contributed by atoms with Gasteiger partial charge in [-0.3, -0.25) is 10.1 Å². The number of hydrogen-bond acceptors (Lipinski definition) is 6. The molecule has 1 aliphatic heterocycles. The van der Waals surface area contributed by atoms with Crippen molar-refractivity contribution in [2.75, 3.05) is 36.4 Å². The predicted molar refractivity (Wildman–Crippen MR) is 108 cm³/mol. The number of benzene rings is 2. The van der Waals surface area contributed by atoms with Crippen LogP contribution in [0.5, 0.6) is 0 Å². The molecule has 0 bridgehead atoms. The molecule has 0 saturated carbocycles. The summed E-state index contributed by atoms with van der Waals surface area (Å²) in [7, 11) is -3.76. The Balaban J connectivity index is 1.46. The molecule has 1 amide bonds. The third kappa shape index (κ3) is 4.16. The van der Waals surface area contributed by atoms with Crippen LogP contribution in [0, 0.1) is 5.82 Å². The summed E-state index contributed by atoms with van der Waals surface area (Å²) in [4.78, 5) is 18.2. The molecule has 2 N–H and O–H groups in total. The summed E-state index contributed by atoms with van der Waals surface area (Å²) in [5, 5.41) is 8.67. The van der Waals surface area contributed by atoms with E-state index in [2.05, 4.69) is 20.5 Å². The second kappa shape index (κ2) is 8.20. The maximum atomic E-state index is 13.1. The van der Waals surface area contributed by atoms with E-state index >= 15 is 0 Å². The smallest absolute Gasteiger partial charge is 0.258 e. The standard InChI is InChI=1S/C19H19FN6O3S/c20-15-4-6-16(7-5-15)25-8-10-26(11-9-25)30(28,29)17-3-1-2-14(12-17)18(27)23-19-21-13-22-24-19/h1-7,12-13H,8-11H2,(H2,21,22,23,24,27). The van der Waals surface area contributed by atoms with Crippen molar-refractivity contribution in [1.29, 1.82) is 0 Å². The SMILES string of the molecule is O=C(Nc1ncn[nH]1)c1cccc(S(=O)(=O)N2CCN(c3ccc(F)cc3)CC2)c1. The molecule has 1 aliphatic rings. The molecule has 2 aromatic carbocycles. The molecule has 9 nitrogen and oxygen atoms in total. The molecule has 1 aromatic heterocycles. The minimum absolute atomic E-state index is 0.0444. The van der Waals surface area contributed by atoms with Crippen LogP contribution < -0.4 is 10.2 Å². The zero-order valence-electron chi connectivity index (χ0n) is 15.8. The number of carbonyl (C=O) groups excluding carboxylic acids is 1. The number of piperazine rings is 1. The quantitative estimate of drug-likeness (QED) is 0.638. The van der Waals surface area contributed by atoms with Crippen LogP contribution in [0.2, 0.25) is 0 Å². The number of nitrogens with zero attached hydrogens (tertiary/aromatic N) is 4. The van der Waals surface area contributed by atoms with Crippen LogP contribution in [0.15, 0.2) is 59.8 Å². The first-order valence-corrected chi connectivity index (χ1v) is 10.6. The van der Waals surface area contributed by atoms with Gasteiger partial charge in [0.15, 0.2) is 0 Å². The van der Waals surface area contributed by atoms with Crippen molar-refractivity contribution in [3.8, 4) is 0 Å². The average Bonchev–Trinajstić information content (AvgIpc) is 3.27. The maximum Gasteiger partial charge on any atom is 0.258 e. The first kappa shape index (κ1) is 20.0. The van der Waals surface area contributed by atoms with Gasteiger partial charge in [0.05, 0.1) is 4.90 Å². The van der Waals surface area contributed by atoms with Crippen LogP contribution in [-0.2, 0) is 10.0 Å². The Morgan fingerprint density at radius 3 is 2.47 bits per heavy atom. The Kier molecular flexibility index (Phi) is 5.46. The van der Waals surface area contributed by atoms with Gasteiger partial charge in [-0.05, 0) is 42.5 Å². The predicted octanol–water partition coefficient (Wildman–Crippen LogP) is 1.71. The monoisotopic (exact) mass is 430 g/mol. The topological polar surface area (TPSA) is 111 Å². The van der Waals surface area contributed by atoms with Crippen LogP contribution in [-0.4, -0.2) is 60.0 Å². The average molecular weight is 430 g/mol. The van der Waals surface area contributed by atoms with Crippen LogP contribution in [0.25, 0.3) is 0 Å². The highest BCUT2D eigenvalue weighted by Gasteiger charge is 2.29. The van der Waals surface area contributed by atoms with E-state index in [1.807, 2.05) is 4.90 Å². The van der Waals surface area contributed by atoms with Gasteiger partial charge in [-0.25, -0.2) is 17.9 Å². The normalized spacial score (nSPS) is 15.2. The van der Waals surface area contributed by atoms with Gasteiger partial charge in [0.2, 0.25) is 16.0 Å². The summed E-state index contributed by atoms with van der Waals surface area (Å²) < 4.78 is 40.6. The molecule has 0 aliphatic carbocycles. The molecule has 2 heterocycles. The van der Waals surface area contributed by atoms with E-state index < -0.39 is 15.9 Å². The van der Waals surface area contributed by atoms with Crippen molar-refractivity contribution in [2.24, 2.45) is 0 Å². The highest BCUT2D eigenvalue weighted by molar-refractivity contribution is 7.89. The van der Waals surface area contributed by atoms with Gasteiger partial charge in [0.1, 0.15) is 12.1 Å². The summed E-state index contributed by atoms with van der Waals surface area (Å²) in [6, 6.07) is 12.0. The van der Waals surface area contributed by atoms with E-state index in [9.17, 15) is 17.6 Å². The summed E-state index contributed by atoms with van der Waals surface area (Å²) in [6.45, 7) is 1.54. The van der Waals surface area contributed by atoms with Crippen molar-refractivity contribution in [1.82, 2.24) is 19.5 Å². The number of hydrogen-bond donors (Lipinski definition) is 2. The number of amides is 1. The number of rotatable bonds is 5. The Labute approximate surface area is 172 Å². The summed E-state index contributed by atoms with van der Waals surface area (Å²) >= 11 is 0. The molecule has 156 valence electrons. The van der Waals surface area contributed by atoms with E-state index in [1.165, 1.54) is 47.0 Å². The van der Waals surface area contributed by atoms with Gasteiger partial charge in [-0.15, -0.1) is 0 Å². The molecule has 11 heteroatoms. The molecule has 30 heavy (non-hydrogen) atoms. The second-order valence-electron chi connectivity index (χ2n) is 6.68. The van der Waals surface area contributed by atoms with Crippen LogP contribution in [0.3, 0.4) is 0 Å². The van der Waals surface area contributed by atoms with Crippen LogP contribution in [0.1, 0.15) is 10.4 Å². The first-order valence-electron chi connectivity index (χ1n) is 9.21.